The number of benzene rings is 1. The van der Waals surface area contributed by atoms with Crippen LogP contribution in [0.25, 0.3) is 0 Å². The van der Waals surface area contributed by atoms with E-state index in [1.807, 2.05) is 0 Å². The average Bonchev–Trinajstić information content (AvgIpc) is 2.97. The second kappa shape index (κ2) is 6.42. The van der Waals surface area contributed by atoms with Crippen LogP contribution in [0.2, 0.25) is 0 Å². The van der Waals surface area contributed by atoms with E-state index in [1.165, 1.54) is 13.0 Å². The van der Waals surface area contributed by atoms with E-state index in [1.54, 1.807) is 18.2 Å². The maximum atomic E-state index is 13.4. The number of fused-ring (bicyclic) bond motifs is 1. The highest BCUT2D eigenvalue weighted by molar-refractivity contribution is 7.91. The van der Waals surface area contributed by atoms with Gasteiger partial charge in [-0.15, -0.1) is 0 Å². The average molecular weight is 387 g/mol. The van der Waals surface area contributed by atoms with Crippen LogP contribution in [-0.4, -0.2) is 41.3 Å². The highest BCUT2D eigenvalue weighted by Gasteiger charge is 2.41. The third kappa shape index (κ3) is 3.20. The highest BCUT2D eigenvalue weighted by atomic mass is 32.2. The van der Waals surface area contributed by atoms with Gasteiger partial charge in [0.1, 0.15) is 0 Å². The first kappa shape index (κ1) is 18.4. The highest BCUT2D eigenvalue weighted by Crippen LogP contribution is 2.33. The number of carbonyl (C=O) groups is 1. The summed E-state index contributed by atoms with van der Waals surface area (Å²) in [5.41, 5.74) is -1.31. The number of hydrogen-bond acceptors (Lipinski definition) is 4. The van der Waals surface area contributed by atoms with Gasteiger partial charge in [-0.3, -0.25) is 9.48 Å². The Bertz CT molecular complexity index is 951. The van der Waals surface area contributed by atoms with E-state index in [0.29, 0.717) is 5.56 Å². The fraction of sp³-hybridized carbons (Fsp3) is 0.375. The molecule has 0 saturated carbocycles. The van der Waals surface area contributed by atoms with Gasteiger partial charge in [-0.05, 0) is 18.6 Å². The number of nitrogens with zero attached hydrogens (tertiary/aromatic N) is 3. The van der Waals surface area contributed by atoms with Crippen molar-refractivity contribution in [3.05, 3.63) is 47.3 Å². The minimum Gasteiger partial charge on any atom is -0.333 e. The number of rotatable bonds is 2. The summed E-state index contributed by atoms with van der Waals surface area (Å²) in [5, 5.41) is 3.64. The molecule has 26 heavy (non-hydrogen) atoms. The van der Waals surface area contributed by atoms with E-state index in [0.717, 1.165) is 15.8 Å². The van der Waals surface area contributed by atoms with Gasteiger partial charge in [0, 0.05) is 19.6 Å². The Morgan fingerprint density at radius 1 is 1.27 bits per heavy atom. The maximum Gasteiger partial charge on any atom is 0.433 e. The SMILES string of the molecule is CCn1ncc(C(=O)N2CCS(=O)(=O)c3ccccc3C2)c1C(F)(F)F. The first-order valence-electron chi connectivity index (χ1n) is 7.88. The molecule has 0 spiro atoms. The van der Waals surface area contributed by atoms with Gasteiger partial charge >= 0.3 is 6.18 Å². The van der Waals surface area contributed by atoms with Crippen molar-refractivity contribution in [1.82, 2.24) is 14.7 Å². The third-order valence-corrected chi connectivity index (χ3v) is 6.01. The van der Waals surface area contributed by atoms with Crippen LogP contribution in [-0.2, 0) is 29.1 Å². The van der Waals surface area contributed by atoms with Crippen molar-refractivity contribution in [1.29, 1.82) is 0 Å². The van der Waals surface area contributed by atoms with Gasteiger partial charge in [0.05, 0.1) is 22.4 Å². The van der Waals surface area contributed by atoms with Crippen molar-refractivity contribution in [2.75, 3.05) is 12.3 Å². The molecule has 0 fully saturated rings. The Labute approximate surface area is 148 Å². The van der Waals surface area contributed by atoms with Crippen molar-refractivity contribution >= 4 is 15.7 Å². The monoisotopic (exact) mass is 387 g/mol. The molecule has 0 atom stereocenters. The predicted molar refractivity (Wildman–Crippen MR) is 86.1 cm³/mol. The summed E-state index contributed by atoms with van der Waals surface area (Å²) in [6.45, 7) is 1.18. The zero-order valence-corrected chi connectivity index (χ0v) is 14.6. The van der Waals surface area contributed by atoms with Crippen LogP contribution >= 0.6 is 0 Å². The second-order valence-corrected chi connectivity index (χ2v) is 7.95. The minimum absolute atomic E-state index is 0.0423. The molecule has 1 aliphatic rings. The number of sulfone groups is 1. The van der Waals surface area contributed by atoms with Gasteiger partial charge in [-0.25, -0.2) is 8.42 Å². The lowest BCUT2D eigenvalue weighted by Gasteiger charge is -2.21. The van der Waals surface area contributed by atoms with Crippen molar-refractivity contribution in [2.45, 2.75) is 31.1 Å². The molecule has 0 bridgehead atoms. The molecule has 10 heteroatoms. The summed E-state index contributed by atoms with van der Waals surface area (Å²) >= 11 is 0. The van der Waals surface area contributed by atoms with E-state index in [4.69, 9.17) is 0 Å². The summed E-state index contributed by atoms with van der Waals surface area (Å²) in [6, 6.07) is 6.19. The lowest BCUT2D eigenvalue weighted by Crippen LogP contribution is -2.34. The number of aryl methyl sites for hydroxylation is 1. The minimum atomic E-state index is -4.74. The Hall–Kier alpha value is -2.36. The summed E-state index contributed by atoms with van der Waals surface area (Å²) in [7, 11) is -3.60. The van der Waals surface area contributed by atoms with E-state index in [9.17, 15) is 26.4 Å². The first-order chi connectivity index (χ1) is 12.1. The molecule has 1 aromatic heterocycles. The maximum absolute atomic E-state index is 13.4. The fourth-order valence-electron chi connectivity index (χ4n) is 2.99. The van der Waals surface area contributed by atoms with Gasteiger partial charge in [-0.1, -0.05) is 18.2 Å². The van der Waals surface area contributed by atoms with Gasteiger partial charge < -0.3 is 4.90 Å². The molecule has 0 radical (unpaired) electrons. The Morgan fingerprint density at radius 2 is 1.96 bits per heavy atom. The molecule has 3 rings (SSSR count). The summed E-state index contributed by atoms with van der Waals surface area (Å²) < 4.78 is 65.5. The smallest absolute Gasteiger partial charge is 0.333 e. The molecule has 1 aromatic carbocycles. The molecule has 2 heterocycles. The molecule has 1 aliphatic heterocycles. The van der Waals surface area contributed by atoms with E-state index in [-0.39, 0.29) is 30.3 Å². The van der Waals surface area contributed by atoms with Crippen molar-refractivity contribution in [2.24, 2.45) is 0 Å². The Morgan fingerprint density at radius 3 is 2.62 bits per heavy atom. The van der Waals surface area contributed by atoms with Crippen LogP contribution in [0.15, 0.2) is 35.4 Å². The largest absolute Gasteiger partial charge is 0.433 e. The van der Waals surface area contributed by atoms with Crippen LogP contribution in [0.5, 0.6) is 0 Å². The van der Waals surface area contributed by atoms with E-state index < -0.39 is 33.2 Å². The second-order valence-electron chi connectivity index (χ2n) is 5.87. The summed E-state index contributed by atoms with van der Waals surface area (Å²) in [6.07, 6.45) is -3.85. The molecular weight excluding hydrogens is 371 g/mol. The topological polar surface area (TPSA) is 72.3 Å². The first-order valence-corrected chi connectivity index (χ1v) is 9.53. The number of alkyl halides is 3. The summed E-state index contributed by atoms with van der Waals surface area (Å²) in [4.78, 5) is 14.0. The van der Waals surface area contributed by atoms with Gasteiger partial charge in [-0.2, -0.15) is 18.3 Å². The van der Waals surface area contributed by atoms with Gasteiger partial charge in [0.2, 0.25) is 0 Å². The quantitative estimate of drug-likeness (QED) is 0.793. The lowest BCUT2D eigenvalue weighted by molar-refractivity contribution is -0.144. The number of carbonyl (C=O) groups excluding carboxylic acids is 1. The molecule has 0 saturated heterocycles. The van der Waals surface area contributed by atoms with E-state index in [2.05, 4.69) is 5.10 Å². The van der Waals surface area contributed by atoms with Crippen LogP contribution in [0.4, 0.5) is 13.2 Å². The Kier molecular flexibility index (Phi) is 4.55. The van der Waals surface area contributed by atoms with Gasteiger partial charge in [0.25, 0.3) is 5.91 Å². The molecule has 0 unspecified atom stereocenters. The zero-order chi connectivity index (χ0) is 19.1. The number of amides is 1. The Balaban J connectivity index is 2.02. The molecule has 140 valence electrons. The van der Waals surface area contributed by atoms with E-state index >= 15 is 0 Å². The molecule has 0 N–H and O–H groups in total. The van der Waals surface area contributed by atoms with Crippen molar-refractivity contribution in [3.63, 3.8) is 0 Å². The van der Waals surface area contributed by atoms with Crippen molar-refractivity contribution < 1.29 is 26.4 Å². The van der Waals surface area contributed by atoms with Crippen molar-refractivity contribution in [3.8, 4) is 0 Å². The van der Waals surface area contributed by atoms with Crippen LogP contribution in [0.1, 0.15) is 28.5 Å². The lowest BCUT2D eigenvalue weighted by atomic mass is 10.1. The molecule has 6 nitrogen and oxygen atoms in total. The fourth-order valence-corrected chi connectivity index (χ4v) is 4.49. The normalized spacial score (nSPS) is 16.8. The van der Waals surface area contributed by atoms with Crippen LogP contribution in [0, 0.1) is 0 Å². The van der Waals surface area contributed by atoms with Gasteiger partial charge in [0.15, 0.2) is 15.5 Å². The third-order valence-electron chi connectivity index (χ3n) is 4.22. The molecule has 0 aliphatic carbocycles. The molecule has 1 amide bonds. The molecule has 2 aromatic rings. The number of hydrogen-bond donors (Lipinski definition) is 0. The predicted octanol–water partition coefficient (Wildman–Crippen LogP) is 2.35. The van der Waals surface area contributed by atoms with Crippen LogP contribution in [0.3, 0.4) is 0 Å². The standard InChI is InChI=1S/C16H16F3N3O3S/c1-2-22-14(16(17,18)19)12(9-20-22)15(23)21-7-8-26(24,25)13-6-4-3-5-11(13)10-21/h3-6,9H,2,7-8,10H2,1H3. The molecular formula is C16H16F3N3O3S. The summed E-state index contributed by atoms with van der Waals surface area (Å²) in [5.74, 6) is -1.23. The van der Waals surface area contributed by atoms with Crippen LogP contribution < -0.4 is 0 Å². The zero-order valence-electron chi connectivity index (χ0n) is 13.8. The number of halogens is 3. The number of aromatic nitrogens is 2.